The van der Waals surface area contributed by atoms with Gasteiger partial charge in [-0.05, 0) is 24.8 Å². The van der Waals surface area contributed by atoms with Crippen molar-refractivity contribution < 1.29 is 4.52 Å². The van der Waals surface area contributed by atoms with E-state index < -0.39 is 0 Å². The fourth-order valence-corrected chi connectivity index (χ4v) is 2.22. The van der Waals surface area contributed by atoms with E-state index in [-0.39, 0.29) is 0 Å². The summed E-state index contributed by atoms with van der Waals surface area (Å²) in [5, 5.41) is 4.03. The van der Waals surface area contributed by atoms with Crippen molar-refractivity contribution in [3.05, 3.63) is 36.2 Å². The van der Waals surface area contributed by atoms with Gasteiger partial charge in [-0.1, -0.05) is 49.3 Å². The number of nitrogens with zero attached hydrogens (tertiary/aromatic N) is 2. The van der Waals surface area contributed by atoms with Gasteiger partial charge in [0, 0.05) is 12.0 Å². The van der Waals surface area contributed by atoms with Crippen molar-refractivity contribution in [2.24, 2.45) is 17.6 Å². The van der Waals surface area contributed by atoms with E-state index in [1.807, 2.05) is 30.3 Å². The van der Waals surface area contributed by atoms with Crippen LogP contribution in [0, 0.1) is 11.8 Å². The van der Waals surface area contributed by atoms with E-state index in [1.165, 1.54) is 0 Å². The van der Waals surface area contributed by atoms with Crippen molar-refractivity contribution in [1.29, 1.82) is 0 Å². The van der Waals surface area contributed by atoms with Crippen LogP contribution >= 0.6 is 0 Å². The molecule has 1 aromatic heterocycles. The zero-order valence-corrected chi connectivity index (χ0v) is 11.5. The number of benzene rings is 1. The summed E-state index contributed by atoms with van der Waals surface area (Å²) in [4.78, 5) is 4.44. The maximum atomic E-state index is 5.80. The Hall–Kier alpha value is -1.68. The molecule has 0 saturated carbocycles. The standard InChI is InChI=1S/C15H21N3O/c1-11(2)8-12(10-16)9-14-17-15(18-19-14)13-6-4-3-5-7-13/h3-7,11-12H,8-10,16H2,1-2H3/t12-/m0/s1. The van der Waals surface area contributed by atoms with Gasteiger partial charge < -0.3 is 10.3 Å². The second kappa shape index (κ2) is 6.48. The average molecular weight is 259 g/mol. The monoisotopic (exact) mass is 259 g/mol. The Kier molecular flexibility index (Phi) is 4.68. The highest BCUT2D eigenvalue weighted by atomic mass is 16.5. The molecular formula is C15H21N3O. The second-order valence-electron chi connectivity index (χ2n) is 5.31. The van der Waals surface area contributed by atoms with Gasteiger partial charge in [0.05, 0.1) is 0 Å². The number of rotatable bonds is 6. The van der Waals surface area contributed by atoms with Crippen LogP contribution in [0.1, 0.15) is 26.2 Å². The predicted molar refractivity (Wildman–Crippen MR) is 75.4 cm³/mol. The van der Waals surface area contributed by atoms with Crippen molar-refractivity contribution in [2.75, 3.05) is 6.54 Å². The van der Waals surface area contributed by atoms with Gasteiger partial charge in [-0.15, -0.1) is 0 Å². The third kappa shape index (κ3) is 3.89. The second-order valence-corrected chi connectivity index (χ2v) is 5.31. The van der Waals surface area contributed by atoms with Crippen molar-refractivity contribution in [1.82, 2.24) is 10.1 Å². The highest BCUT2D eigenvalue weighted by Gasteiger charge is 2.15. The quantitative estimate of drug-likeness (QED) is 0.866. The summed E-state index contributed by atoms with van der Waals surface area (Å²) >= 11 is 0. The highest BCUT2D eigenvalue weighted by molar-refractivity contribution is 5.53. The number of hydrogen-bond donors (Lipinski definition) is 1. The van der Waals surface area contributed by atoms with Crippen molar-refractivity contribution in [3.8, 4) is 11.4 Å². The fraction of sp³-hybridized carbons (Fsp3) is 0.467. The number of hydrogen-bond acceptors (Lipinski definition) is 4. The summed E-state index contributed by atoms with van der Waals surface area (Å²) < 4.78 is 5.32. The predicted octanol–water partition coefficient (Wildman–Crippen LogP) is 2.90. The average Bonchev–Trinajstić information content (AvgIpc) is 2.87. The Morgan fingerprint density at radius 2 is 1.95 bits per heavy atom. The van der Waals surface area contributed by atoms with Crippen LogP contribution in [-0.2, 0) is 6.42 Å². The Labute approximate surface area is 114 Å². The van der Waals surface area contributed by atoms with E-state index in [1.54, 1.807) is 0 Å². The van der Waals surface area contributed by atoms with E-state index in [0.717, 1.165) is 18.4 Å². The van der Waals surface area contributed by atoms with Crippen molar-refractivity contribution >= 4 is 0 Å². The molecule has 2 rings (SSSR count). The summed E-state index contributed by atoms with van der Waals surface area (Å²) in [7, 11) is 0. The van der Waals surface area contributed by atoms with Gasteiger partial charge >= 0.3 is 0 Å². The first kappa shape index (κ1) is 13.7. The van der Waals surface area contributed by atoms with Crippen molar-refractivity contribution in [3.63, 3.8) is 0 Å². The van der Waals surface area contributed by atoms with Gasteiger partial charge in [0.15, 0.2) is 0 Å². The third-order valence-corrected chi connectivity index (χ3v) is 3.10. The van der Waals surface area contributed by atoms with Crippen LogP contribution in [0.2, 0.25) is 0 Å². The molecule has 0 radical (unpaired) electrons. The molecule has 0 aliphatic heterocycles. The van der Waals surface area contributed by atoms with Crippen molar-refractivity contribution in [2.45, 2.75) is 26.7 Å². The molecule has 0 unspecified atom stereocenters. The molecule has 102 valence electrons. The lowest BCUT2D eigenvalue weighted by molar-refractivity contribution is 0.332. The van der Waals surface area contributed by atoms with Gasteiger partial charge in [-0.25, -0.2) is 0 Å². The topological polar surface area (TPSA) is 64.9 Å². The maximum Gasteiger partial charge on any atom is 0.227 e. The summed E-state index contributed by atoms with van der Waals surface area (Å²) in [6, 6.07) is 9.85. The summed E-state index contributed by atoms with van der Waals surface area (Å²) in [5.74, 6) is 2.36. The lowest BCUT2D eigenvalue weighted by Crippen LogP contribution is -2.19. The van der Waals surface area contributed by atoms with Crippen LogP contribution in [0.3, 0.4) is 0 Å². The molecule has 0 aliphatic carbocycles. The van der Waals surface area contributed by atoms with E-state index in [9.17, 15) is 0 Å². The van der Waals surface area contributed by atoms with E-state index >= 15 is 0 Å². The molecule has 1 aromatic carbocycles. The van der Waals surface area contributed by atoms with Crippen LogP contribution < -0.4 is 5.73 Å². The molecule has 0 fully saturated rings. The Morgan fingerprint density at radius 1 is 1.21 bits per heavy atom. The molecule has 0 spiro atoms. The van der Waals surface area contributed by atoms with Crippen LogP contribution in [-0.4, -0.2) is 16.7 Å². The molecule has 2 aromatic rings. The first-order valence-electron chi connectivity index (χ1n) is 6.77. The fourth-order valence-electron chi connectivity index (χ4n) is 2.22. The Morgan fingerprint density at radius 3 is 2.58 bits per heavy atom. The smallest absolute Gasteiger partial charge is 0.227 e. The van der Waals surface area contributed by atoms with Gasteiger partial charge in [-0.3, -0.25) is 0 Å². The van der Waals surface area contributed by atoms with Crippen LogP contribution in [0.5, 0.6) is 0 Å². The van der Waals surface area contributed by atoms with Gasteiger partial charge in [0.1, 0.15) is 0 Å². The van der Waals surface area contributed by atoms with Gasteiger partial charge in [-0.2, -0.15) is 4.98 Å². The van der Waals surface area contributed by atoms with Crippen LogP contribution in [0.25, 0.3) is 11.4 Å². The zero-order chi connectivity index (χ0) is 13.7. The molecule has 4 nitrogen and oxygen atoms in total. The summed E-state index contributed by atoms with van der Waals surface area (Å²) in [6.45, 7) is 5.05. The lowest BCUT2D eigenvalue weighted by atomic mass is 9.94. The number of aromatic nitrogens is 2. The Bertz CT molecular complexity index is 493. The highest BCUT2D eigenvalue weighted by Crippen LogP contribution is 2.19. The van der Waals surface area contributed by atoms with Gasteiger partial charge in [0.25, 0.3) is 0 Å². The third-order valence-electron chi connectivity index (χ3n) is 3.10. The first-order chi connectivity index (χ1) is 9.19. The molecule has 0 bridgehead atoms. The Balaban J connectivity index is 2.05. The minimum atomic E-state index is 0.407. The van der Waals surface area contributed by atoms with E-state index in [2.05, 4.69) is 24.0 Å². The van der Waals surface area contributed by atoms with Crippen LogP contribution in [0.15, 0.2) is 34.9 Å². The van der Waals surface area contributed by atoms with Gasteiger partial charge in [0.2, 0.25) is 11.7 Å². The summed E-state index contributed by atoms with van der Waals surface area (Å²) in [6.07, 6.45) is 1.84. The summed E-state index contributed by atoms with van der Waals surface area (Å²) in [5.41, 5.74) is 6.77. The minimum absolute atomic E-state index is 0.407. The van der Waals surface area contributed by atoms with E-state index in [4.69, 9.17) is 10.3 Å². The first-order valence-corrected chi connectivity index (χ1v) is 6.77. The van der Waals surface area contributed by atoms with Crippen LogP contribution in [0.4, 0.5) is 0 Å². The molecule has 0 amide bonds. The SMILES string of the molecule is CC(C)C[C@H](CN)Cc1nc(-c2ccccc2)no1. The molecule has 0 aliphatic rings. The molecule has 4 heteroatoms. The molecule has 2 N–H and O–H groups in total. The molecule has 1 heterocycles. The molecule has 19 heavy (non-hydrogen) atoms. The molecular weight excluding hydrogens is 238 g/mol. The maximum absolute atomic E-state index is 5.80. The molecule has 1 atom stereocenters. The normalized spacial score (nSPS) is 12.8. The largest absolute Gasteiger partial charge is 0.339 e. The van der Waals surface area contributed by atoms with E-state index in [0.29, 0.717) is 30.1 Å². The number of nitrogens with two attached hydrogens (primary N) is 1. The lowest BCUT2D eigenvalue weighted by Gasteiger charge is -2.14. The zero-order valence-electron chi connectivity index (χ0n) is 11.5. The molecule has 0 saturated heterocycles. The minimum Gasteiger partial charge on any atom is -0.339 e.